The highest BCUT2D eigenvalue weighted by molar-refractivity contribution is 7.14. The Morgan fingerprint density at radius 3 is 2.56 bits per heavy atom. The summed E-state index contributed by atoms with van der Waals surface area (Å²) < 4.78 is 0. The molecule has 0 saturated carbocycles. The second kappa shape index (κ2) is 3.33. The third-order valence-electron chi connectivity index (χ3n) is 0.749. The van der Waals surface area contributed by atoms with Crippen molar-refractivity contribution in [2.45, 2.75) is 0 Å². The fraction of sp³-hybridized carbons (Fsp3) is 0. The lowest BCUT2D eigenvalue weighted by Crippen LogP contribution is -1.73. The van der Waals surface area contributed by atoms with Crippen molar-refractivity contribution in [3.8, 4) is 6.07 Å². The zero-order valence-corrected chi connectivity index (χ0v) is 6.13. The average molecular weight is 161 g/mol. The van der Waals surface area contributed by atoms with E-state index in [0.717, 1.165) is 0 Å². The molecule has 0 radical (unpaired) electrons. The van der Waals surface area contributed by atoms with Crippen molar-refractivity contribution in [2.75, 3.05) is 5.73 Å². The van der Waals surface area contributed by atoms with Gasteiger partial charge < -0.3 is 5.73 Å². The Bertz CT molecular complexity index is 225. The minimum atomic E-state index is 0. The van der Waals surface area contributed by atoms with Crippen LogP contribution < -0.4 is 5.73 Å². The number of nitriles is 1. The van der Waals surface area contributed by atoms with E-state index in [1.807, 2.05) is 6.07 Å². The summed E-state index contributed by atoms with van der Waals surface area (Å²) in [5.41, 5.74) is 5.97. The number of nitrogens with zero attached hydrogens (tertiary/aromatic N) is 1. The molecular formula is C5H5ClN2S. The van der Waals surface area contributed by atoms with Crippen LogP contribution in [0.15, 0.2) is 11.4 Å². The van der Waals surface area contributed by atoms with Crippen LogP contribution in [0.3, 0.4) is 0 Å². The summed E-state index contributed by atoms with van der Waals surface area (Å²) in [6.07, 6.45) is 0. The van der Waals surface area contributed by atoms with Gasteiger partial charge in [0.1, 0.15) is 6.07 Å². The molecule has 0 atom stereocenters. The second-order valence-corrected chi connectivity index (χ2v) is 2.29. The molecule has 1 heterocycles. The van der Waals surface area contributed by atoms with E-state index in [9.17, 15) is 0 Å². The Morgan fingerprint density at radius 1 is 1.67 bits per heavy atom. The summed E-state index contributed by atoms with van der Waals surface area (Å²) in [5, 5.41) is 10.7. The molecule has 1 aromatic rings. The van der Waals surface area contributed by atoms with Crippen molar-refractivity contribution in [1.82, 2.24) is 0 Å². The lowest BCUT2D eigenvalue weighted by atomic mass is 10.4. The van der Waals surface area contributed by atoms with Gasteiger partial charge in [0.15, 0.2) is 0 Å². The first-order chi connectivity index (χ1) is 3.83. The predicted molar refractivity (Wildman–Crippen MR) is 40.7 cm³/mol. The van der Waals surface area contributed by atoms with Crippen LogP contribution in [0.4, 0.5) is 5.00 Å². The standard InChI is InChI=1S/C5H4N2S.ClH/c6-2-4-1-5(7)8-3-4;/h1,3H,7H2;1H. The summed E-state index contributed by atoms with van der Waals surface area (Å²) >= 11 is 1.38. The molecule has 0 aliphatic carbocycles. The smallest absolute Gasteiger partial charge is 0.100 e. The number of anilines is 1. The Kier molecular flexibility index (Phi) is 3.07. The predicted octanol–water partition coefficient (Wildman–Crippen LogP) is 1.62. The fourth-order valence-corrected chi connectivity index (χ4v) is 0.990. The zero-order valence-electron chi connectivity index (χ0n) is 4.50. The molecular weight excluding hydrogens is 156 g/mol. The van der Waals surface area contributed by atoms with Crippen molar-refractivity contribution in [2.24, 2.45) is 0 Å². The summed E-state index contributed by atoms with van der Waals surface area (Å²) in [4.78, 5) is 0. The highest BCUT2D eigenvalue weighted by Crippen LogP contribution is 2.14. The monoisotopic (exact) mass is 160 g/mol. The van der Waals surface area contributed by atoms with Gasteiger partial charge in [-0.2, -0.15) is 5.26 Å². The molecule has 0 aliphatic rings. The topological polar surface area (TPSA) is 49.8 Å². The lowest BCUT2D eigenvalue weighted by Gasteiger charge is -1.70. The van der Waals surface area contributed by atoms with Crippen LogP contribution in [0.2, 0.25) is 0 Å². The van der Waals surface area contributed by atoms with Crippen LogP contribution >= 0.6 is 23.7 Å². The first kappa shape index (κ1) is 8.28. The molecule has 2 N–H and O–H groups in total. The van der Waals surface area contributed by atoms with E-state index in [0.29, 0.717) is 10.6 Å². The van der Waals surface area contributed by atoms with Crippen LogP contribution in [-0.2, 0) is 0 Å². The van der Waals surface area contributed by atoms with Crippen molar-refractivity contribution >= 4 is 28.7 Å². The minimum absolute atomic E-state index is 0. The zero-order chi connectivity index (χ0) is 5.98. The maximum Gasteiger partial charge on any atom is 0.100 e. The second-order valence-electron chi connectivity index (χ2n) is 1.35. The molecule has 0 aliphatic heterocycles. The molecule has 4 heteroatoms. The van der Waals surface area contributed by atoms with Crippen molar-refractivity contribution in [1.29, 1.82) is 5.26 Å². The minimum Gasteiger partial charge on any atom is -0.391 e. The van der Waals surface area contributed by atoms with Crippen molar-refractivity contribution in [3.63, 3.8) is 0 Å². The molecule has 0 unspecified atom stereocenters. The molecule has 0 spiro atoms. The normalized spacial score (nSPS) is 7.44. The fourth-order valence-electron chi connectivity index (χ4n) is 0.411. The number of nitrogen functional groups attached to an aromatic ring is 1. The molecule has 2 nitrogen and oxygen atoms in total. The van der Waals surface area contributed by atoms with Gasteiger partial charge in [-0.1, -0.05) is 0 Å². The Balaban J connectivity index is 0.000000640. The van der Waals surface area contributed by atoms with Gasteiger partial charge in [-0.25, -0.2) is 0 Å². The number of halogens is 1. The third kappa shape index (κ3) is 1.92. The van der Waals surface area contributed by atoms with E-state index in [-0.39, 0.29) is 12.4 Å². The molecule has 9 heavy (non-hydrogen) atoms. The maximum absolute atomic E-state index is 8.25. The third-order valence-corrected chi connectivity index (χ3v) is 1.51. The number of thiophene rings is 1. The number of nitrogens with two attached hydrogens (primary N) is 1. The number of hydrogen-bond acceptors (Lipinski definition) is 3. The molecule has 48 valence electrons. The summed E-state index contributed by atoms with van der Waals surface area (Å²) in [7, 11) is 0. The van der Waals surface area contributed by atoms with Crippen molar-refractivity contribution in [3.05, 3.63) is 17.0 Å². The van der Waals surface area contributed by atoms with Crippen LogP contribution in [0, 0.1) is 11.3 Å². The van der Waals surface area contributed by atoms with Crippen LogP contribution in [0.5, 0.6) is 0 Å². The molecule has 1 rings (SSSR count). The first-order valence-electron chi connectivity index (χ1n) is 2.07. The van der Waals surface area contributed by atoms with Gasteiger partial charge in [0, 0.05) is 5.38 Å². The van der Waals surface area contributed by atoms with E-state index in [1.165, 1.54) is 11.3 Å². The van der Waals surface area contributed by atoms with Gasteiger partial charge >= 0.3 is 0 Å². The maximum atomic E-state index is 8.25. The first-order valence-corrected chi connectivity index (χ1v) is 2.95. The number of hydrogen-bond donors (Lipinski definition) is 1. The van der Waals surface area contributed by atoms with E-state index >= 15 is 0 Å². The van der Waals surface area contributed by atoms with Crippen LogP contribution in [-0.4, -0.2) is 0 Å². The van der Waals surface area contributed by atoms with Crippen molar-refractivity contribution < 1.29 is 0 Å². The van der Waals surface area contributed by atoms with Gasteiger partial charge in [-0.05, 0) is 6.07 Å². The van der Waals surface area contributed by atoms with E-state index < -0.39 is 0 Å². The molecule has 0 bridgehead atoms. The van der Waals surface area contributed by atoms with E-state index in [1.54, 1.807) is 11.4 Å². The average Bonchev–Trinajstić information content (AvgIpc) is 2.14. The van der Waals surface area contributed by atoms with Gasteiger partial charge in [-0.3, -0.25) is 0 Å². The molecule has 0 fully saturated rings. The summed E-state index contributed by atoms with van der Waals surface area (Å²) in [6.45, 7) is 0. The molecule has 1 aromatic heterocycles. The molecule has 0 aromatic carbocycles. The lowest BCUT2D eigenvalue weighted by molar-refractivity contribution is 1.51. The summed E-state index contributed by atoms with van der Waals surface area (Å²) in [5.74, 6) is 0. The molecule has 0 amide bonds. The largest absolute Gasteiger partial charge is 0.391 e. The van der Waals surface area contributed by atoms with Gasteiger partial charge in [0.25, 0.3) is 0 Å². The van der Waals surface area contributed by atoms with Crippen LogP contribution in [0.25, 0.3) is 0 Å². The van der Waals surface area contributed by atoms with E-state index in [2.05, 4.69) is 0 Å². The molecule has 0 saturated heterocycles. The van der Waals surface area contributed by atoms with Gasteiger partial charge in [-0.15, -0.1) is 23.7 Å². The van der Waals surface area contributed by atoms with Crippen LogP contribution in [0.1, 0.15) is 5.56 Å². The Hall–Kier alpha value is -0.720. The highest BCUT2D eigenvalue weighted by Gasteiger charge is 1.90. The Labute approximate surface area is 63.3 Å². The quantitative estimate of drug-likeness (QED) is 0.627. The highest BCUT2D eigenvalue weighted by atomic mass is 35.5. The number of rotatable bonds is 0. The Morgan fingerprint density at radius 2 is 2.33 bits per heavy atom. The van der Waals surface area contributed by atoms with E-state index in [4.69, 9.17) is 11.0 Å². The van der Waals surface area contributed by atoms with Gasteiger partial charge in [0.2, 0.25) is 0 Å². The SMILES string of the molecule is Cl.N#Cc1csc(N)c1. The van der Waals surface area contributed by atoms with Gasteiger partial charge in [0.05, 0.1) is 10.6 Å². The summed E-state index contributed by atoms with van der Waals surface area (Å²) in [6, 6.07) is 3.64.